The number of pyridine rings is 1. The molecule has 0 N–H and O–H groups in total. The Kier molecular flexibility index (Phi) is 7.66. The summed E-state index contributed by atoms with van der Waals surface area (Å²) >= 11 is 0. The molecular weight excluding hydrogens is 697 g/mol. The normalized spacial score (nSPS) is 20.2. The van der Waals surface area contributed by atoms with E-state index in [1.54, 1.807) is 0 Å². The third-order valence-corrected chi connectivity index (χ3v) is 12.8. The van der Waals surface area contributed by atoms with Gasteiger partial charge in [0, 0.05) is 59.4 Å². The fourth-order valence-corrected chi connectivity index (χ4v) is 9.92. The van der Waals surface area contributed by atoms with Crippen molar-refractivity contribution in [1.82, 2.24) is 18.7 Å². The summed E-state index contributed by atoms with van der Waals surface area (Å²) in [4.78, 5) is 4.89. The molecule has 0 bridgehead atoms. The maximum Gasteiger partial charge on any atom is 0.225 e. The molecule has 1 unspecified atom stereocenters. The third-order valence-electron chi connectivity index (χ3n) is 12.8. The highest BCUT2D eigenvalue weighted by Gasteiger charge is 2.78. The van der Waals surface area contributed by atoms with Crippen LogP contribution in [0.4, 0.5) is 22.7 Å². The second kappa shape index (κ2) is 12.8. The van der Waals surface area contributed by atoms with Crippen LogP contribution in [-0.4, -0.2) is 9.55 Å². The Morgan fingerprint density at radius 3 is 2.12 bits per heavy atom. The number of quaternary nitrogens is 2. The molecule has 0 amide bonds. The van der Waals surface area contributed by atoms with Crippen molar-refractivity contribution in [3.63, 3.8) is 0 Å². The Balaban J connectivity index is 0.994. The summed E-state index contributed by atoms with van der Waals surface area (Å²) in [5.41, 5.74) is 12.7. The summed E-state index contributed by atoms with van der Waals surface area (Å²) in [6.45, 7) is 9.23. The van der Waals surface area contributed by atoms with Gasteiger partial charge in [0.2, 0.25) is 11.4 Å². The van der Waals surface area contributed by atoms with Crippen molar-refractivity contribution >= 4 is 44.6 Å². The van der Waals surface area contributed by atoms with E-state index >= 15 is 0 Å². The van der Waals surface area contributed by atoms with Gasteiger partial charge in [0.15, 0.2) is 18.0 Å². The fraction of sp³-hybridized carbons (Fsp3) is 0.192. The van der Waals surface area contributed by atoms with Gasteiger partial charge in [0.25, 0.3) is 0 Å². The van der Waals surface area contributed by atoms with Crippen molar-refractivity contribution in [3.05, 3.63) is 176 Å². The maximum absolute atomic E-state index is 6.81. The van der Waals surface area contributed by atoms with E-state index < -0.39 is 0 Å². The van der Waals surface area contributed by atoms with Gasteiger partial charge in [0.1, 0.15) is 17.3 Å². The lowest BCUT2D eigenvalue weighted by Crippen LogP contribution is -2.46. The van der Waals surface area contributed by atoms with Crippen LogP contribution >= 0.6 is 0 Å². The summed E-state index contributed by atoms with van der Waals surface area (Å²) in [7, 11) is 0. The quantitative estimate of drug-likeness (QED) is 0.0923. The Morgan fingerprint density at radius 2 is 1.32 bits per heavy atom. The zero-order valence-corrected chi connectivity index (χ0v) is 32.9. The number of para-hydroxylation sites is 3. The van der Waals surface area contributed by atoms with E-state index in [0.717, 1.165) is 28.4 Å². The van der Waals surface area contributed by atoms with E-state index in [1.165, 1.54) is 87.9 Å². The monoisotopic (exact) mass is 743 g/mol. The molecule has 11 rings (SSSR count). The minimum Gasteiger partial charge on any atom is -0.457 e. The van der Waals surface area contributed by atoms with Crippen molar-refractivity contribution in [2.75, 3.05) is 0 Å². The topological polar surface area (TPSA) is 27.1 Å². The molecule has 1 saturated carbocycles. The Hall–Kier alpha value is -6.01. The average molecular weight is 744 g/mol. The van der Waals surface area contributed by atoms with E-state index in [1.807, 2.05) is 6.20 Å². The molecule has 3 aliphatic rings. The van der Waals surface area contributed by atoms with Gasteiger partial charge in [-0.3, -0.25) is 4.57 Å². The molecule has 5 nitrogen and oxygen atoms in total. The second-order valence-electron chi connectivity index (χ2n) is 17.3. The van der Waals surface area contributed by atoms with Gasteiger partial charge in [-0.25, -0.2) is 4.98 Å². The van der Waals surface area contributed by atoms with E-state index in [4.69, 9.17) is 9.72 Å². The van der Waals surface area contributed by atoms with Crippen LogP contribution in [0.25, 0.3) is 38.8 Å². The lowest BCUT2D eigenvalue weighted by molar-refractivity contribution is 0.421. The van der Waals surface area contributed by atoms with Crippen LogP contribution in [-0.2, 0) is 5.41 Å². The van der Waals surface area contributed by atoms with Gasteiger partial charge in [0.05, 0.1) is 11.0 Å². The first-order valence-corrected chi connectivity index (χ1v) is 20.6. The minimum absolute atomic E-state index is 0.00631. The minimum atomic E-state index is 0.00631. The molecule has 2 atom stereocenters. The molecule has 2 aromatic heterocycles. The first kappa shape index (κ1) is 34.3. The third kappa shape index (κ3) is 5.26. The number of ether oxygens (including phenoxy) is 1. The van der Waals surface area contributed by atoms with Crippen molar-refractivity contribution in [2.24, 2.45) is 0 Å². The zero-order chi connectivity index (χ0) is 38.4. The van der Waals surface area contributed by atoms with Crippen molar-refractivity contribution in [3.8, 4) is 28.4 Å². The van der Waals surface area contributed by atoms with Crippen LogP contribution in [0.1, 0.15) is 69.9 Å². The van der Waals surface area contributed by atoms with Crippen molar-refractivity contribution < 1.29 is 4.74 Å². The van der Waals surface area contributed by atoms with Crippen LogP contribution in [0.3, 0.4) is 0 Å². The molecule has 0 spiro atoms. The first-order valence-electron chi connectivity index (χ1n) is 20.6. The molecule has 1 saturated heterocycles. The smallest absolute Gasteiger partial charge is 0.225 e. The van der Waals surface area contributed by atoms with Gasteiger partial charge >= 0.3 is 0 Å². The summed E-state index contributed by atoms with van der Waals surface area (Å²) in [5, 5.41) is 2.38. The lowest BCUT2D eigenvalue weighted by Gasteiger charge is -2.40. The Bertz CT molecular complexity index is 2850. The molecule has 4 heterocycles. The molecule has 2 aliphatic heterocycles. The van der Waals surface area contributed by atoms with E-state index in [0.29, 0.717) is 15.1 Å². The summed E-state index contributed by atoms with van der Waals surface area (Å²) in [6, 6.07) is 55.4. The van der Waals surface area contributed by atoms with Crippen LogP contribution < -0.4 is 13.9 Å². The first-order chi connectivity index (χ1) is 27.8. The van der Waals surface area contributed by atoms with Gasteiger partial charge in [-0.05, 0) is 82.8 Å². The van der Waals surface area contributed by atoms with Crippen LogP contribution in [0.5, 0.6) is 11.5 Å². The number of aromatic nitrogens is 2. The molecular formula is C52H47N4O+. The van der Waals surface area contributed by atoms with Gasteiger partial charge in [-0.15, -0.1) is 0 Å². The SMILES string of the molecule is CC(C)(C)c1ccnc(-n2c3ccccc3c3ccc(Oc4cccc([N+]56[CH-][N@+]5(c5cc(-c7ccccc7)cc(C7CCCCC7)c5)c5ccccc56)c4)cc32)c1. The average Bonchev–Trinajstić information content (AvgIpc) is 3.75. The second-order valence-corrected chi connectivity index (χ2v) is 17.3. The largest absolute Gasteiger partial charge is 0.457 e. The number of hydrogen-bond acceptors (Lipinski definition) is 2. The molecule has 6 aromatic carbocycles. The zero-order valence-electron chi connectivity index (χ0n) is 32.9. The summed E-state index contributed by atoms with van der Waals surface area (Å²) < 4.78 is 10.4. The predicted molar refractivity (Wildman–Crippen MR) is 235 cm³/mol. The molecule has 57 heavy (non-hydrogen) atoms. The van der Waals surface area contributed by atoms with Crippen LogP contribution in [0.2, 0.25) is 0 Å². The number of benzene rings is 6. The molecule has 0 radical (unpaired) electrons. The molecule has 5 heteroatoms. The predicted octanol–water partition coefficient (Wildman–Crippen LogP) is 14.3. The van der Waals surface area contributed by atoms with Gasteiger partial charge in [-0.2, -0.15) is 9.18 Å². The van der Waals surface area contributed by atoms with Crippen LogP contribution in [0, 0.1) is 6.67 Å². The van der Waals surface area contributed by atoms with E-state index in [9.17, 15) is 0 Å². The summed E-state index contributed by atoms with van der Waals surface area (Å²) in [5.74, 6) is 3.12. The van der Waals surface area contributed by atoms with E-state index in [2.05, 4.69) is 184 Å². The Labute approximate surface area is 335 Å². The fourth-order valence-electron chi connectivity index (χ4n) is 9.92. The lowest BCUT2D eigenvalue weighted by atomic mass is 9.83. The number of rotatable bonds is 7. The highest BCUT2D eigenvalue weighted by molar-refractivity contribution is 6.09. The highest BCUT2D eigenvalue weighted by atomic mass is 16.5. The van der Waals surface area contributed by atoms with E-state index in [-0.39, 0.29) is 5.41 Å². The Morgan fingerprint density at radius 1 is 0.596 bits per heavy atom. The molecule has 280 valence electrons. The molecule has 8 aromatic rings. The van der Waals surface area contributed by atoms with Gasteiger partial charge < -0.3 is 4.74 Å². The maximum atomic E-state index is 6.81. The van der Waals surface area contributed by atoms with Crippen molar-refractivity contribution in [2.45, 2.75) is 64.2 Å². The molecule has 1 aliphatic carbocycles. The van der Waals surface area contributed by atoms with Crippen LogP contribution in [0.15, 0.2) is 158 Å². The number of hydrogen-bond donors (Lipinski definition) is 0. The molecule has 2 fully saturated rings. The van der Waals surface area contributed by atoms with Gasteiger partial charge in [-0.1, -0.05) is 113 Å². The number of fused-ring (bicyclic) bond motifs is 7. The number of nitrogens with zero attached hydrogens (tertiary/aromatic N) is 4. The summed E-state index contributed by atoms with van der Waals surface area (Å²) in [6.07, 6.45) is 8.44. The van der Waals surface area contributed by atoms with Crippen molar-refractivity contribution in [1.29, 1.82) is 0 Å². The highest BCUT2D eigenvalue weighted by Crippen LogP contribution is 2.75. The standard InChI is InChI=1S/C52H47N4O/c1-52(2,3)40-27-28-53-51(32-40)54-47-22-11-10-21-45(47)46-26-25-44(34-48(46)54)57-43-20-14-19-41(33-43)55-35-56(55,50-24-13-12-23-49(50)55)42-30-38(36-15-6-4-7-16-36)29-39(31-42)37-17-8-5-9-18-37/h4,6-7,10-16,19-35,37H,5,8-9,17-18H2,1-3H3/q+1/t55?,56-/m0/s1.